The van der Waals surface area contributed by atoms with Crippen LogP contribution >= 0.6 is 15.9 Å². The number of ether oxygens (including phenoxy) is 1. The summed E-state index contributed by atoms with van der Waals surface area (Å²) in [6, 6.07) is 8.97. The van der Waals surface area contributed by atoms with Crippen molar-refractivity contribution in [2.75, 3.05) is 0 Å². The van der Waals surface area contributed by atoms with E-state index >= 15 is 0 Å². The highest BCUT2D eigenvalue weighted by Crippen LogP contribution is 2.34. The Labute approximate surface area is 141 Å². The number of halogens is 3. The lowest BCUT2D eigenvalue weighted by Gasteiger charge is -2.12. The summed E-state index contributed by atoms with van der Waals surface area (Å²) in [5.74, 6) is 0.0958. The molecule has 0 spiro atoms. The van der Waals surface area contributed by atoms with Crippen LogP contribution in [0.25, 0.3) is 11.3 Å². The summed E-state index contributed by atoms with van der Waals surface area (Å²) in [5.41, 5.74) is 2.13. The van der Waals surface area contributed by atoms with Crippen LogP contribution in [0.15, 0.2) is 28.7 Å². The molecule has 0 saturated heterocycles. The van der Waals surface area contributed by atoms with Gasteiger partial charge in [0.15, 0.2) is 0 Å². The van der Waals surface area contributed by atoms with E-state index in [1.54, 1.807) is 16.8 Å². The van der Waals surface area contributed by atoms with E-state index < -0.39 is 6.61 Å². The normalized spacial score (nSPS) is 10.8. The number of aromatic nitrogens is 2. The zero-order chi connectivity index (χ0) is 16.8. The van der Waals surface area contributed by atoms with Crippen molar-refractivity contribution in [3.63, 3.8) is 0 Å². The second kappa shape index (κ2) is 8.06. The van der Waals surface area contributed by atoms with Gasteiger partial charge in [0.05, 0.1) is 17.5 Å². The molecule has 0 unspecified atom stereocenters. The third-order valence-corrected chi connectivity index (χ3v) is 3.78. The number of alkyl halides is 2. The van der Waals surface area contributed by atoms with E-state index in [-0.39, 0.29) is 5.75 Å². The molecular weight excluding hydrogens is 368 g/mol. The van der Waals surface area contributed by atoms with Gasteiger partial charge < -0.3 is 4.74 Å². The second-order valence-corrected chi connectivity index (χ2v) is 5.79. The number of nitriles is 1. The Hall–Kier alpha value is -1.94. The van der Waals surface area contributed by atoms with Crippen molar-refractivity contribution in [1.82, 2.24) is 9.78 Å². The lowest BCUT2D eigenvalue weighted by molar-refractivity contribution is -0.0495. The molecule has 0 saturated carbocycles. The molecule has 0 aliphatic rings. The summed E-state index contributed by atoms with van der Waals surface area (Å²) in [5, 5.41) is 13.1. The lowest BCUT2D eigenvalue weighted by atomic mass is 10.1. The molecule has 7 heteroatoms. The molecule has 1 aromatic carbocycles. The largest absolute Gasteiger partial charge is 0.434 e. The van der Waals surface area contributed by atoms with E-state index in [9.17, 15) is 8.78 Å². The van der Waals surface area contributed by atoms with E-state index in [2.05, 4.69) is 31.8 Å². The summed E-state index contributed by atoms with van der Waals surface area (Å²) in [6.07, 6.45) is 1.80. The van der Waals surface area contributed by atoms with Crippen LogP contribution in [0.5, 0.6) is 5.75 Å². The van der Waals surface area contributed by atoms with Crippen LogP contribution in [0.3, 0.4) is 0 Å². The molecule has 0 N–H and O–H groups in total. The molecule has 0 aliphatic carbocycles. The first kappa shape index (κ1) is 17.4. The molecule has 23 heavy (non-hydrogen) atoms. The predicted molar refractivity (Wildman–Crippen MR) is 86.2 cm³/mol. The van der Waals surface area contributed by atoms with Gasteiger partial charge in [-0.3, -0.25) is 4.68 Å². The maximum Gasteiger partial charge on any atom is 0.387 e. The van der Waals surface area contributed by atoms with E-state index in [4.69, 9.17) is 5.26 Å². The van der Waals surface area contributed by atoms with Crippen LogP contribution < -0.4 is 4.74 Å². The van der Waals surface area contributed by atoms with Gasteiger partial charge in [-0.05, 0) is 37.1 Å². The maximum absolute atomic E-state index is 12.7. The summed E-state index contributed by atoms with van der Waals surface area (Å²) in [6.45, 7) is -0.375. The van der Waals surface area contributed by atoms with Gasteiger partial charge in [0.2, 0.25) is 0 Å². The van der Waals surface area contributed by atoms with Crippen molar-refractivity contribution in [3.05, 3.63) is 34.4 Å². The van der Waals surface area contributed by atoms with E-state index in [1.807, 2.05) is 13.0 Å². The zero-order valence-electron chi connectivity index (χ0n) is 12.6. The summed E-state index contributed by atoms with van der Waals surface area (Å²) in [7, 11) is 0. The van der Waals surface area contributed by atoms with Gasteiger partial charge >= 0.3 is 6.61 Å². The Bertz CT molecular complexity index is 710. The van der Waals surface area contributed by atoms with E-state index in [1.165, 1.54) is 6.07 Å². The quantitative estimate of drug-likeness (QED) is 0.646. The third-order valence-electron chi connectivity index (χ3n) is 3.29. The van der Waals surface area contributed by atoms with Crippen molar-refractivity contribution >= 4 is 15.9 Å². The molecule has 0 amide bonds. The molecule has 2 rings (SSSR count). The minimum atomic E-state index is -2.90. The smallest absolute Gasteiger partial charge is 0.387 e. The van der Waals surface area contributed by atoms with Crippen LogP contribution in [-0.4, -0.2) is 16.4 Å². The van der Waals surface area contributed by atoms with Gasteiger partial charge in [-0.15, -0.1) is 0 Å². The number of rotatable bonds is 7. The standard InChI is InChI=1S/C16H16BrF2N3O/c1-2-12-10-14(22(21-12)8-4-3-7-20)13-6-5-11(17)9-15(13)23-16(18)19/h5-6,9-10,16H,2-4,8H2,1H3. The Kier molecular flexibility index (Phi) is 6.11. The number of hydrogen-bond donors (Lipinski definition) is 0. The minimum absolute atomic E-state index is 0.0958. The number of hydrogen-bond acceptors (Lipinski definition) is 3. The number of aryl methyl sites for hydroxylation is 2. The number of nitrogens with zero attached hydrogens (tertiary/aromatic N) is 3. The predicted octanol–water partition coefficient (Wildman–Crippen LogP) is 4.78. The van der Waals surface area contributed by atoms with Crippen molar-refractivity contribution < 1.29 is 13.5 Å². The Morgan fingerprint density at radius 3 is 2.83 bits per heavy atom. The van der Waals surface area contributed by atoms with Gasteiger partial charge in [-0.25, -0.2) is 0 Å². The van der Waals surface area contributed by atoms with E-state index in [0.717, 1.165) is 12.1 Å². The third kappa shape index (κ3) is 4.52. The lowest BCUT2D eigenvalue weighted by Crippen LogP contribution is -2.06. The first-order valence-electron chi connectivity index (χ1n) is 7.23. The van der Waals surface area contributed by atoms with Gasteiger partial charge in [-0.1, -0.05) is 22.9 Å². The fraction of sp³-hybridized carbons (Fsp3) is 0.375. The highest BCUT2D eigenvalue weighted by molar-refractivity contribution is 9.10. The van der Waals surface area contributed by atoms with Gasteiger partial charge in [0, 0.05) is 23.0 Å². The van der Waals surface area contributed by atoms with Crippen LogP contribution in [0.4, 0.5) is 8.78 Å². The Balaban J connectivity index is 2.44. The zero-order valence-corrected chi connectivity index (χ0v) is 14.2. The molecule has 122 valence electrons. The van der Waals surface area contributed by atoms with Crippen molar-refractivity contribution in [2.24, 2.45) is 0 Å². The first-order chi connectivity index (χ1) is 11.0. The number of unbranched alkanes of at least 4 members (excludes halogenated alkanes) is 1. The molecule has 4 nitrogen and oxygen atoms in total. The Morgan fingerprint density at radius 2 is 2.17 bits per heavy atom. The molecule has 0 atom stereocenters. The van der Waals surface area contributed by atoms with Gasteiger partial charge in [0.1, 0.15) is 5.75 Å². The molecule has 0 radical (unpaired) electrons. The molecule has 1 heterocycles. The van der Waals surface area contributed by atoms with Crippen molar-refractivity contribution in [1.29, 1.82) is 5.26 Å². The fourth-order valence-corrected chi connectivity index (χ4v) is 2.58. The maximum atomic E-state index is 12.7. The summed E-state index contributed by atoms with van der Waals surface area (Å²) < 4.78 is 32.4. The minimum Gasteiger partial charge on any atom is -0.434 e. The van der Waals surface area contributed by atoms with Crippen LogP contribution in [0.1, 0.15) is 25.5 Å². The highest BCUT2D eigenvalue weighted by atomic mass is 79.9. The van der Waals surface area contributed by atoms with Gasteiger partial charge in [-0.2, -0.15) is 19.1 Å². The van der Waals surface area contributed by atoms with Crippen LogP contribution in [0, 0.1) is 11.3 Å². The SMILES string of the molecule is CCc1cc(-c2ccc(Br)cc2OC(F)F)n(CCCC#N)n1. The summed E-state index contributed by atoms with van der Waals surface area (Å²) >= 11 is 3.26. The van der Waals surface area contributed by atoms with Gasteiger partial charge in [0.25, 0.3) is 0 Å². The Morgan fingerprint density at radius 1 is 1.39 bits per heavy atom. The topological polar surface area (TPSA) is 50.8 Å². The number of benzene rings is 1. The monoisotopic (exact) mass is 383 g/mol. The molecule has 0 bridgehead atoms. The average molecular weight is 384 g/mol. The molecule has 1 aromatic heterocycles. The molecule has 2 aromatic rings. The van der Waals surface area contributed by atoms with Crippen LogP contribution in [-0.2, 0) is 13.0 Å². The molecule has 0 fully saturated rings. The van der Waals surface area contributed by atoms with Crippen molar-refractivity contribution in [2.45, 2.75) is 39.3 Å². The van der Waals surface area contributed by atoms with E-state index in [0.29, 0.717) is 35.1 Å². The average Bonchev–Trinajstić information content (AvgIpc) is 2.90. The highest BCUT2D eigenvalue weighted by Gasteiger charge is 2.16. The fourth-order valence-electron chi connectivity index (χ4n) is 2.24. The molecular formula is C16H16BrF2N3O. The van der Waals surface area contributed by atoms with Crippen LogP contribution in [0.2, 0.25) is 0 Å². The van der Waals surface area contributed by atoms with Crippen molar-refractivity contribution in [3.8, 4) is 23.1 Å². The molecule has 0 aliphatic heterocycles. The summed E-state index contributed by atoms with van der Waals surface area (Å²) in [4.78, 5) is 0. The first-order valence-corrected chi connectivity index (χ1v) is 8.02. The second-order valence-electron chi connectivity index (χ2n) is 4.88.